The van der Waals surface area contributed by atoms with Crippen molar-refractivity contribution in [1.82, 2.24) is 19.9 Å². The minimum absolute atomic E-state index is 0.245. The van der Waals surface area contributed by atoms with Crippen LogP contribution in [-0.2, 0) is 5.60 Å². The van der Waals surface area contributed by atoms with Crippen molar-refractivity contribution in [2.24, 2.45) is 0 Å². The molecule has 6 nitrogen and oxygen atoms in total. The summed E-state index contributed by atoms with van der Waals surface area (Å²) in [6.45, 7) is 8.95. The van der Waals surface area contributed by atoms with Crippen LogP contribution in [0.4, 0.5) is 0 Å². The van der Waals surface area contributed by atoms with E-state index in [-0.39, 0.29) is 6.04 Å². The third-order valence-corrected chi connectivity index (χ3v) is 4.51. The van der Waals surface area contributed by atoms with Crippen molar-refractivity contribution >= 4 is 0 Å². The molecule has 0 aliphatic carbocycles. The van der Waals surface area contributed by atoms with E-state index in [1.165, 1.54) is 5.56 Å². The molecule has 1 aromatic heterocycles. The quantitative estimate of drug-likeness (QED) is 0.879. The van der Waals surface area contributed by atoms with Crippen molar-refractivity contribution in [2.45, 2.75) is 38.8 Å². The first-order chi connectivity index (χ1) is 11.5. The summed E-state index contributed by atoms with van der Waals surface area (Å²) < 4.78 is 7.59. The van der Waals surface area contributed by atoms with Crippen molar-refractivity contribution in [3.8, 4) is 5.75 Å². The Morgan fingerprint density at radius 3 is 2.92 bits per heavy atom. The molecule has 1 aliphatic rings. The monoisotopic (exact) mass is 330 g/mol. The zero-order valence-corrected chi connectivity index (χ0v) is 14.6. The average Bonchev–Trinajstić information content (AvgIpc) is 3.16. The molecule has 2 aromatic rings. The number of aromatic nitrogens is 3. The first-order valence-corrected chi connectivity index (χ1v) is 8.53. The Balaban J connectivity index is 1.52. The molecule has 1 saturated heterocycles. The number of hydrogen-bond acceptors (Lipinski definition) is 5. The second kappa shape index (κ2) is 6.91. The summed E-state index contributed by atoms with van der Waals surface area (Å²) in [4.78, 5) is 2.21. The molecule has 0 bridgehead atoms. The molecule has 1 aliphatic heterocycles. The van der Waals surface area contributed by atoms with Gasteiger partial charge >= 0.3 is 0 Å². The van der Waals surface area contributed by atoms with E-state index in [0.29, 0.717) is 25.3 Å². The van der Waals surface area contributed by atoms with Gasteiger partial charge in [-0.1, -0.05) is 17.3 Å². The first kappa shape index (κ1) is 16.9. The first-order valence-electron chi connectivity index (χ1n) is 8.53. The Morgan fingerprint density at radius 1 is 1.38 bits per heavy atom. The highest BCUT2D eigenvalue weighted by atomic mass is 16.5. The fourth-order valence-electron chi connectivity index (χ4n) is 3.01. The van der Waals surface area contributed by atoms with Gasteiger partial charge in [-0.05, 0) is 44.9 Å². The number of likely N-dealkylation sites (tertiary alicyclic amines) is 1. The molecule has 2 heterocycles. The molecule has 24 heavy (non-hydrogen) atoms. The van der Waals surface area contributed by atoms with Gasteiger partial charge in [-0.3, -0.25) is 4.90 Å². The van der Waals surface area contributed by atoms with Gasteiger partial charge in [0.25, 0.3) is 0 Å². The molecular formula is C18H26N4O2. The van der Waals surface area contributed by atoms with Crippen LogP contribution in [0.1, 0.15) is 37.6 Å². The third-order valence-electron chi connectivity index (χ3n) is 4.51. The van der Waals surface area contributed by atoms with Crippen molar-refractivity contribution < 1.29 is 9.84 Å². The number of hydrogen-bond donors (Lipinski definition) is 1. The summed E-state index contributed by atoms with van der Waals surface area (Å²) in [5.41, 5.74) is 0.950. The topological polar surface area (TPSA) is 63.4 Å². The van der Waals surface area contributed by atoms with Crippen LogP contribution in [0.15, 0.2) is 30.5 Å². The van der Waals surface area contributed by atoms with Gasteiger partial charge in [-0.25, -0.2) is 4.68 Å². The van der Waals surface area contributed by atoms with E-state index in [0.717, 1.165) is 18.8 Å². The van der Waals surface area contributed by atoms with Crippen molar-refractivity contribution in [3.05, 3.63) is 41.7 Å². The predicted octanol–water partition coefficient (Wildman–Crippen LogP) is 2.14. The second-order valence-electron chi connectivity index (χ2n) is 6.90. The van der Waals surface area contributed by atoms with Crippen LogP contribution < -0.4 is 4.74 Å². The minimum Gasteiger partial charge on any atom is -0.492 e. The molecule has 0 spiro atoms. The summed E-state index contributed by atoms with van der Waals surface area (Å²) >= 11 is 0. The largest absolute Gasteiger partial charge is 0.492 e. The van der Waals surface area contributed by atoms with Crippen LogP contribution in [0.3, 0.4) is 0 Å². The Morgan fingerprint density at radius 2 is 2.21 bits per heavy atom. The van der Waals surface area contributed by atoms with Crippen LogP contribution in [0.25, 0.3) is 0 Å². The molecule has 6 heteroatoms. The Labute approximate surface area is 143 Å². The summed E-state index contributed by atoms with van der Waals surface area (Å²) in [5, 5.41) is 19.2. The lowest BCUT2D eigenvalue weighted by Gasteiger charge is -2.21. The molecule has 1 atom stereocenters. The van der Waals surface area contributed by atoms with Crippen molar-refractivity contribution in [3.63, 3.8) is 0 Å². The average molecular weight is 330 g/mol. The number of aryl methyl sites for hydroxylation is 1. The van der Waals surface area contributed by atoms with Gasteiger partial charge in [0.15, 0.2) is 0 Å². The maximum atomic E-state index is 10.9. The molecular weight excluding hydrogens is 304 g/mol. The van der Waals surface area contributed by atoms with E-state index < -0.39 is 5.60 Å². The van der Waals surface area contributed by atoms with Gasteiger partial charge in [-0.2, -0.15) is 0 Å². The SMILES string of the molecule is Cc1cccc(OCCN2CC[C@@](O)(c3cn(C(C)C)nn3)C2)c1. The van der Waals surface area contributed by atoms with Crippen LogP contribution in [-0.4, -0.2) is 51.2 Å². The summed E-state index contributed by atoms with van der Waals surface area (Å²) in [6, 6.07) is 8.30. The molecule has 1 aromatic carbocycles. The number of ether oxygens (including phenoxy) is 1. The maximum absolute atomic E-state index is 10.9. The zero-order chi connectivity index (χ0) is 17.2. The second-order valence-corrected chi connectivity index (χ2v) is 6.90. The van der Waals surface area contributed by atoms with Gasteiger partial charge in [-0.15, -0.1) is 5.10 Å². The lowest BCUT2D eigenvalue weighted by molar-refractivity contribution is 0.0403. The van der Waals surface area contributed by atoms with E-state index in [1.54, 1.807) is 4.68 Å². The number of β-amino-alcohol motifs (C(OH)–C–C–N with tert-alkyl or cyclic N) is 1. The highest BCUT2D eigenvalue weighted by Crippen LogP contribution is 2.30. The molecule has 0 unspecified atom stereocenters. The van der Waals surface area contributed by atoms with E-state index in [1.807, 2.05) is 38.2 Å². The lowest BCUT2D eigenvalue weighted by Crippen LogP contribution is -2.33. The minimum atomic E-state index is -0.906. The normalized spacial score (nSPS) is 21.5. The molecule has 0 saturated carbocycles. The zero-order valence-electron chi connectivity index (χ0n) is 14.6. The van der Waals surface area contributed by atoms with E-state index in [4.69, 9.17) is 4.74 Å². The number of nitrogens with zero attached hydrogens (tertiary/aromatic N) is 4. The number of rotatable bonds is 6. The summed E-state index contributed by atoms with van der Waals surface area (Å²) in [6.07, 6.45) is 2.53. The van der Waals surface area contributed by atoms with Gasteiger partial charge in [0.2, 0.25) is 0 Å². The maximum Gasteiger partial charge on any atom is 0.124 e. The van der Waals surface area contributed by atoms with Crippen molar-refractivity contribution in [2.75, 3.05) is 26.2 Å². The van der Waals surface area contributed by atoms with E-state index >= 15 is 0 Å². The Bertz CT molecular complexity index is 685. The highest BCUT2D eigenvalue weighted by molar-refractivity contribution is 5.27. The molecule has 0 radical (unpaired) electrons. The van der Waals surface area contributed by atoms with Gasteiger partial charge in [0, 0.05) is 25.7 Å². The number of aliphatic hydroxyl groups is 1. The smallest absolute Gasteiger partial charge is 0.124 e. The van der Waals surface area contributed by atoms with Crippen LogP contribution in [0.5, 0.6) is 5.75 Å². The van der Waals surface area contributed by atoms with Crippen LogP contribution in [0, 0.1) is 6.92 Å². The summed E-state index contributed by atoms with van der Waals surface area (Å²) in [7, 11) is 0. The molecule has 3 rings (SSSR count). The van der Waals surface area contributed by atoms with E-state index in [2.05, 4.69) is 28.2 Å². The van der Waals surface area contributed by atoms with Crippen LogP contribution in [0.2, 0.25) is 0 Å². The van der Waals surface area contributed by atoms with Crippen molar-refractivity contribution in [1.29, 1.82) is 0 Å². The molecule has 0 amide bonds. The Kier molecular flexibility index (Phi) is 4.87. The highest BCUT2D eigenvalue weighted by Gasteiger charge is 2.40. The molecule has 130 valence electrons. The molecule has 1 fully saturated rings. The van der Waals surface area contributed by atoms with Gasteiger partial charge < -0.3 is 9.84 Å². The standard InChI is InChI=1S/C18H26N4O2/c1-14(2)22-12-17(19-20-22)18(23)7-8-21(13-18)9-10-24-16-6-4-5-15(3)11-16/h4-6,11-12,14,23H,7-10,13H2,1-3H3/t18-/m0/s1. The van der Waals surface area contributed by atoms with E-state index in [9.17, 15) is 5.11 Å². The Hall–Kier alpha value is -1.92. The fourth-order valence-corrected chi connectivity index (χ4v) is 3.01. The lowest BCUT2D eigenvalue weighted by atomic mass is 10.00. The van der Waals surface area contributed by atoms with Gasteiger partial charge in [0.05, 0.1) is 6.20 Å². The molecule has 1 N–H and O–H groups in total. The number of benzene rings is 1. The predicted molar refractivity (Wildman–Crippen MR) is 92.0 cm³/mol. The van der Waals surface area contributed by atoms with Crippen LogP contribution >= 0.6 is 0 Å². The van der Waals surface area contributed by atoms with Gasteiger partial charge in [0.1, 0.15) is 23.7 Å². The fraction of sp³-hybridized carbons (Fsp3) is 0.556. The third kappa shape index (κ3) is 3.76. The summed E-state index contributed by atoms with van der Waals surface area (Å²) in [5.74, 6) is 0.893.